The molecular weight excluding hydrogens is 669 g/mol. The molecule has 4 aromatic rings. The van der Waals surface area contributed by atoms with Crippen LogP contribution < -0.4 is 14.4 Å². The maximum absolute atomic E-state index is 14.7. The van der Waals surface area contributed by atoms with Crippen LogP contribution in [-0.4, -0.2) is 50.9 Å². The first-order valence-electron chi connectivity index (χ1n) is 15.8. The van der Waals surface area contributed by atoms with Crippen LogP contribution in [0.1, 0.15) is 37.5 Å². The smallest absolute Gasteiger partial charge is 0.264 e. The Morgan fingerprint density at radius 1 is 0.854 bits per heavy atom. The third-order valence-corrected chi connectivity index (χ3v) is 10.1. The lowest BCUT2D eigenvalue weighted by Crippen LogP contribution is -2.53. The van der Waals surface area contributed by atoms with Gasteiger partial charge in [0.1, 0.15) is 18.3 Å². The molecule has 0 radical (unpaired) electrons. The Morgan fingerprint density at radius 3 is 2.17 bits per heavy atom. The largest absolute Gasteiger partial charge is 0.492 e. The van der Waals surface area contributed by atoms with E-state index in [0.717, 1.165) is 15.4 Å². The molecule has 0 bridgehead atoms. The summed E-state index contributed by atoms with van der Waals surface area (Å²) in [5.41, 5.74) is 2.54. The highest BCUT2D eigenvalue weighted by atomic mass is 35.5. The van der Waals surface area contributed by atoms with Crippen LogP contribution in [0.2, 0.25) is 10.0 Å². The van der Waals surface area contributed by atoms with Gasteiger partial charge in [-0.05, 0) is 67.3 Å². The topological polar surface area (TPSA) is 96.0 Å². The number of hydrogen-bond acceptors (Lipinski definition) is 5. The van der Waals surface area contributed by atoms with E-state index in [1.54, 1.807) is 61.5 Å². The molecule has 0 fully saturated rings. The van der Waals surface area contributed by atoms with Crippen LogP contribution in [0.15, 0.2) is 102 Å². The Labute approximate surface area is 293 Å². The van der Waals surface area contributed by atoms with Crippen LogP contribution >= 0.6 is 23.2 Å². The lowest BCUT2D eigenvalue weighted by atomic mass is 10.0. The van der Waals surface area contributed by atoms with E-state index < -0.39 is 28.5 Å². The molecule has 48 heavy (non-hydrogen) atoms. The normalized spacial score (nSPS) is 12.0. The number of carbonyl (C=O) groups is 2. The summed E-state index contributed by atoms with van der Waals surface area (Å²) in [7, 11) is -4.29. The number of hydrogen-bond donors (Lipinski definition) is 1. The summed E-state index contributed by atoms with van der Waals surface area (Å²) in [5.74, 6) is -0.488. The van der Waals surface area contributed by atoms with Crippen molar-refractivity contribution in [3.63, 3.8) is 0 Å². The summed E-state index contributed by atoms with van der Waals surface area (Å²) in [6.07, 6.45) is 0.193. The maximum atomic E-state index is 14.7. The predicted octanol–water partition coefficient (Wildman–Crippen LogP) is 7.31. The lowest BCUT2D eigenvalue weighted by Gasteiger charge is -2.34. The van der Waals surface area contributed by atoms with Gasteiger partial charge in [-0.2, -0.15) is 0 Å². The summed E-state index contributed by atoms with van der Waals surface area (Å²) in [4.78, 5) is 30.1. The van der Waals surface area contributed by atoms with Crippen molar-refractivity contribution in [1.82, 2.24) is 10.2 Å². The second kappa shape index (κ2) is 16.9. The predicted molar refractivity (Wildman–Crippen MR) is 192 cm³/mol. The third kappa shape index (κ3) is 9.52. The zero-order chi connectivity index (χ0) is 34.8. The summed E-state index contributed by atoms with van der Waals surface area (Å²) in [6, 6.07) is 26.5. The molecule has 254 valence electrons. The van der Waals surface area contributed by atoms with Gasteiger partial charge >= 0.3 is 0 Å². The SMILES string of the molecule is CCOc1ccccc1N(CC(=O)N(Cc1ccc(Cl)c(Cl)c1)C(Cc1ccccc1)C(=O)NCC(C)C)S(=O)(=O)c1ccc(C)cc1. The molecular formula is C37H41Cl2N3O5S. The lowest BCUT2D eigenvalue weighted by molar-refractivity contribution is -0.140. The van der Waals surface area contributed by atoms with Gasteiger partial charge in [0, 0.05) is 19.5 Å². The average Bonchev–Trinajstić information content (AvgIpc) is 3.06. The number of anilines is 1. The zero-order valence-electron chi connectivity index (χ0n) is 27.5. The van der Waals surface area contributed by atoms with Crippen LogP contribution in [0.25, 0.3) is 0 Å². The number of aryl methyl sites for hydroxylation is 1. The summed E-state index contributed by atoms with van der Waals surface area (Å²) >= 11 is 12.6. The highest BCUT2D eigenvalue weighted by Gasteiger charge is 2.35. The van der Waals surface area contributed by atoms with Gasteiger partial charge in [0.25, 0.3) is 10.0 Å². The molecule has 4 rings (SSSR count). The minimum absolute atomic E-state index is 0.0127. The van der Waals surface area contributed by atoms with Gasteiger partial charge in [0.2, 0.25) is 11.8 Å². The Bertz CT molecular complexity index is 1800. The minimum Gasteiger partial charge on any atom is -0.492 e. The fourth-order valence-corrected chi connectivity index (χ4v) is 6.85. The zero-order valence-corrected chi connectivity index (χ0v) is 29.9. The molecule has 4 aromatic carbocycles. The number of halogens is 2. The molecule has 0 aromatic heterocycles. The average molecular weight is 711 g/mol. The van der Waals surface area contributed by atoms with E-state index in [0.29, 0.717) is 27.9 Å². The summed E-state index contributed by atoms with van der Waals surface area (Å²) < 4.78 is 35.6. The van der Waals surface area contributed by atoms with E-state index in [1.165, 1.54) is 17.0 Å². The molecule has 1 atom stereocenters. The molecule has 8 nitrogen and oxygen atoms in total. The van der Waals surface area contributed by atoms with E-state index in [1.807, 2.05) is 51.1 Å². The van der Waals surface area contributed by atoms with Crippen molar-refractivity contribution >= 4 is 50.7 Å². The third-order valence-electron chi connectivity index (χ3n) is 7.61. The second-order valence-electron chi connectivity index (χ2n) is 11.8. The number of carbonyl (C=O) groups excluding carboxylic acids is 2. The molecule has 1 unspecified atom stereocenters. The van der Waals surface area contributed by atoms with Crippen molar-refractivity contribution in [3.05, 3.63) is 124 Å². The van der Waals surface area contributed by atoms with Crippen molar-refractivity contribution in [3.8, 4) is 5.75 Å². The summed E-state index contributed by atoms with van der Waals surface area (Å²) in [6.45, 7) is 7.65. The summed E-state index contributed by atoms with van der Waals surface area (Å²) in [5, 5.41) is 3.62. The Kier molecular flexibility index (Phi) is 12.9. The van der Waals surface area contributed by atoms with Crippen LogP contribution in [0.4, 0.5) is 5.69 Å². The number of benzene rings is 4. The first-order valence-corrected chi connectivity index (χ1v) is 18.0. The first kappa shape index (κ1) is 36.8. The van der Waals surface area contributed by atoms with E-state index in [2.05, 4.69) is 5.32 Å². The molecule has 0 saturated carbocycles. The monoisotopic (exact) mass is 709 g/mol. The van der Waals surface area contributed by atoms with Crippen LogP contribution in [0.5, 0.6) is 5.75 Å². The molecule has 0 saturated heterocycles. The number of nitrogens with zero attached hydrogens (tertiary/aromatic N) is 2. The van der Waals surface area contributed by atoms with Crippen molar-refractivity contribution in [2.75, 3.05) is 24.0 Å². The van der Waals surface area contributed by atoms with E-state index in [9.17, 15) is 18.0 Å². The highest BCUT2D eigenvalue weighted by molar-refractivity contribution is 7.92. The second-order valence-corrected chi connectivity index (χ2v) is 14.5. The van der Waals surface area contributed by atoms with Crippen molar-refractivity contribution < 1.29 is 22.7 Å². The van der Waals surface area contributed by atoms with Gasteiger partial charge in [0.05, 0.1) is 27.2 Å². The number of sulfonamides is 1. The van der Waals surface area contributed by atoms with Gasteiger partial charge in [-0.15, -0.1) is 0 Å². The number of rotatable bonds is 15. The Balaban J connectivity index is 1.85. The van der Waals surface area contributed by atoms with E-state index in [4.69, 9.17) is 27.9 Å². The number of ether oxygens (including phenoxy) is 1. The minimum atomic E-state index is -4.29. The Morgan fingerprint density at radius 2 is 1.52 bits per heavy atom. The van der Waals surface area contributed by atoms with Crippen LogP contribution in [-0.2, 0) is 32.6 Å². The van der Waals surface area contributed by atoms with Gasteiger partial charge in [-0.25, -0.2) is 8.42 Å². The van der Waals surface area contributed by atoms with Crippen LogP contribution in [0.3, 0.4) is 0 Å². The maximum Gasteiger partial charge on any atom is 0.264 e. The molecule has 0 spiro atoms. The van der Waals surface area contributed by atoms with E-state index >= 15 is 0 Å². The fraction of sp³-hybridized carbons (Fsp3) is 0.297. The number of amides is 2. The molecule has 0 aliphatic heterocycles. The van der Waals surface area contributed by atoms with Gasteiger partial charge in [0.15, 0.2) is 0 Å². The van der Waals surface area contributed by atoms with Crippen molar-refractivity contribution in [2.24, 2.45) is 5.92 Å². The number of nitrogens with one attached hydrogen (secondary N) is 1. The number of para-hydroxylation sites is 2. The van der Waals surface area contributed by atoms with Crippen LogP contribution in [0, 0.1) is 12.8 Å². The van der Waals surface area contributed by atoms with Gasteiger partial charge in [-0.1, -0.05) is 103 Å². The van der Waals surface area contributed by atoms with E-state index in [-0.39, 0.29) is 42.0 Å². The molecule has 11 heteroatoms. The molecule has 0 aliphatic rings. The van der Waals surface area contributed by atoms with Crippen molar-refractivity contribution in [1.29, 1.82) is 0 Å². The standard InChI is InChI=1S/C37H41Cl2N3O5S/c1-5-47-35-14-10-9-13-33(35)42(48(45,46)30-18-15-27(4)16-19-30)25-36(43)41(24-29-17-20-31(38)32(39)21-29)34(37(44)40-23-26(2)3)22-28-11-7-6-8-12-28/h6-21,26,34H,5,22-25H2,1-4H3,(H,40,44). The van der Waals surface area contributed by atoms with Gasteiger partial charge < -0.3 is 15.0 Å². The Hall–Kier alpha value is -4.05. The fourth-order valence-electron chi connectivity index (χ4n) is 5.10. The first-order chi connectivity index (χ1) is 22.9. The van der Waals surface area contributed by atoms with Crippen molar-refractivity contribution in [2.45, 2.75) is 51.6 Å². The quantitative estimate of drug-likeness (QED) is 0.140. The molecule has 0 aliphatic carbocycles. The molecule has 2 amide bonds. The molecule has 1 N–H and O–H groups in total. The molecule has 0 heterocycles. The van der Waals surface area contributed by atoms with Gasteiger partial charge in [-0.3, -0.25) is 13.9 Å². The highest BCUT2D eigenvalue weighted by Crippen LogP contribution is 2.33.